The molecular weight excluding hydrogens is 282 g/mol. The van der Waals surface area contributed by atoms with Gasteiger partial charge in [0.05, 0.1) is 12.3 Å². The minimum Gasteiger partial charge on any atom is -0.492 e. The molecule has 116 valence electrons. The molecule has 3 nitrogen and oxygen atoms in total. The van der Waals surface area contributed by atoms with Gasteiger partial charge >= 0.3 is 0 Å². The molecule has 0 aromatic heterocycles. The molecule has 0 bridgehead atoms. The van der Waals surface area contributed by atoms with Gasteiger partial charge in [0.15, 0.2) is 0 Å². The summed E-state index contributed by atoms with van der Waals surface area (Å²) in [5.41, 5.74) is 1.18. The second-order valence-electron chi connectivity index (χ2n) is 5.59. The van der Waals surface area contributed by atoms with Gasteiger partial charge in [-0.25, -0.2) is 0 Å². The molecule has 0 atom stereocenters. The first-order chi connectivity index (χ1) is 10.2. The first-order valence-corrected chi connectivity index (χ1v) is 8.87. The van der Waals surface area contributed by atoms with Crippen LogP contribution in [-0.2, 0) is 4.79 Å². The molecule has 1 fully saturated rings. The van der Waals surface area contributed by atoms with Crippen molar-refractivity contribution in [1.29, 1.82) is 0 Å². The highest BCUT2D eigenvalue weighted by Crippen LogP contribution is 2.27. The Bertz CT molecular complexity index is 444. The summed E-state index contributed by atoms with van der Waals surface area (Å²) < 4.78 is 5.61. The Hall–Kier alpha value is -1.16. The lowest BCUT2D eigenvalue weighted by Gasteiger charge is -2.20. The molecule has 1 aliphatic rings. The zero-order valence-electron chi connectivity index (χ0n) is 12.8. The summed E-state index contributed by atoms with van der Waals surface area (Å²) >= 11 is 1.81. The number of carbonyl (C=O) groups excluding carboxylic acids is 1. The van der Waals surface area contributed by atoms with Crippen LogP contribution in [-0.4, -0.2) is 30.1 Å². The Morgan fingerprint density at radius 1 is 1.33 bits per heavy atom. The van der Waals surface area contributed by atoms with Crippen LogP contribution in [0, 0.1) is 6.92 Å². The Labute approximate surface area is 131 Å². The summed E-state index contributed by atoms with van der Waals surface area (Å²) in [6.45, 7) is 3.12. The maximum Gasteiger partial charge on any atom is 0.230 e. The van der Waals surface area contributed by atoms with Crippen LogP contribution < -0.4 is 10.1 Å². The van der Waals surface area contributed by atoms with Gasteiger partial charge < -0.3 is 10.1 Å². The molecule has 0 aliphatic heterocycles. The van der Waals surface area contributed by atoms with Gasteiger partial charge in [-0.1, -0.05) is 31.4 Å². The molecule has 1 aromatic carbocycles. The number of benzene rings is 1. The number of thioether (sulfide) groups is 1. The standard InChI is InChI=1S/C17H25NO2S/c1-14-6-5-7-15(12-14)20-11-10-18-17(19)13-21-16-8-3-2-4-9-16/h5-7,12,16H,2-4,8-11,13H2,1H3,(H,18,19). The van der Waals surface area contributed by atoms with Crippen molar-refractivity contribution in [2.45, 2.75) is 44.3 Å². The van der Waals surface area contributed by atoms with Gasteiger partial charge in [-0.05, 0) is 37.5 Å². The van der Waals surface area contributed by atoms with Gasteiger partial charge in [-0.3, -0.25) is 4.79 Å². The molecule has 1 aromatic rings. The molecule has 0 unspecified atom stereocenters. The largest absolute Gasteiger partial charge is 0.492 e. The minimum atomic E-state index is 0.124. The van der Waals surface area contributed by atoms with Crippen LogP contribution in [0.3, 0.4) is 0 Å². The van der Waals surface area contributed by atoms with E-state index in [9.17, 15) is 4.79 Å². The van der Waals surface area contributed by atoms with E-state index in [2.05, 4.69) is 5.32 Å². The van der Waals surface area contributed by atoms with E-state index in [0.717, 1.165) is 5.75 Å². The quantitative estimate of drug-likeness (QED) is 0.783. The second-order valence-corrected chi connectivity index (χ2v) is 6.87. The molecule has 1 amide bonds. The molecule has 1 saturated carbocycles. The zero-order chi connectivity index (χ0) is 14.9. The maximum atomic E-state index is 11.8. The van der Waals surface area contributed by atoms with Gasteiger partial charge in [-0.15, -0.1) is 11.8 Å². The molecule has 0 heterocycles. The highest BCUT2D eigenvalue weighted by Gasteiger charge is 2.14. The molecule has 21 heavy (non-hydrogen) atoms. The van der Waals surface area contributed by atoms with Crippen LogP contribution in [0.4, 0.5) is 0 Å². The fourth-order valence-electron chi connectivity index (χ4n) is 2.54. The van der Waals surface area contributed by atoms with Crippen LogP contribution in [0.15, 0.2) is 24.3 Å². The van der Waals surface area contributed by atoms with Gasteiger partial charge in [-0.2, -0.15) is 0 Å². The predicted molar refractivity (Wildman–Crippen MR) is 89.0 cm³/mol. The molecule has 1 N–H and O–H groups in total. The molecule has 0 spiro atoms. The van der Waals surface area contributed by atoms with E-state index in [1.165, 1.54) is 37.7 Å². The molecule has 2 rings (SSSR count). The van der Waals surface area contributed by atoms with E-state index < -0.39 is 0 Å². The first-order valence-electron chi connectivity index (χ1n) is 7.82. The number of hydrogen-bond donors (Lipinski definition) is 1. The van der Waals surface area contributed by atoms with Crippen LogP contribution in [0.5, 0.6) is 5.75 Å². The average Bonchev–Trinajstić information content (AvgIpc) is 2.51. The van der Waals surface area contributed by atoms with E-state index in [1.54, 1.807) is 0 Å². The van der Waals surface area contributed by atoms with E-state index in [-0.39, 0.29) is 5.91 Å². The number of carbonyl (C=O) groups is 1. The third-order valence-electron chi connectivity index (χ3n) is 3.68. The van der Waals surface area contributed by atoms with Gasteiger partial charge in [0.2, 0.25) is 5.91 Å². The number of nitrogens with one attached hydrogen (secondary N) is 1. The summed E-state index contributed by atoms with van der Waals surface area (Å²) in [4.78, 5) is 11.8. The molecule has 4 heteroatoms. The minimum absolute atomic E-state index is 0.124. The number of hydrogen-bond acceptors (Lipinski definition) is 3. The second kappa shape index (κ2) is 8.98. The van der Waals surface area contributed by atoms with Crippen molar-refractivity contribution in [3.63, 3.8) is 0 Å². The summed E-state index contributed by atoms with van der Waals surface area (Å²) in [6, 6.07) is 7.95. The van der Waals surface area contributed by atoms with Gasteiger partial charge in [0.1, 0.15) is 12.4 Å². The van der Waals surface area contributed by atoms with Crippen molar-refractivity contribution in [2.24, 2.45) is 0 Å². The van der Waals surface area contributed by atoms with E-state index in [4.69, 9.17) is 4.74 Å². The summed E-state index contributed by atoms with van der Waals surface area (Å²) in [7, 11) is 0. The predicted octanol–water partition coefficient (Wildman–Crippen LogP) is 3.56. The summed E-state index contributed by atoms with van der Waals surface area (Å²) in [5, 5.41) is 3.61. The highest BCUT2D eigenvalue weighted by atomic mass is 32.2. The molecule has 0 radical (unpaired) electrons. The SMILES string of the molecule is Cc1cccc(OCCNC(=O)CSC2CCCCC2)c1. The first kappa shape index (κ1) is 16.2. The smallest absolute Gasteiger partial charge is 0.230 e. The Morgan fingerprint density at radius 3 is 2.90 bits per heavy atom. The van der Waals surface area contributed by atoms with Crippen LogP contribution in [0.25, 0.3) is 0 Å². The van der Waals surface area contributed by atoms with Crippen LogP contribution >= 0.6 is 11.8 Å². The molecule has 0 saturated heterocycles. The lowest BCUT2D eigenvalue weighted by molar-refractivity contribution is -0.118. The monoisotopic (exact) mass is 307 g/mol. The van der Waals surface area contributed by atoms with Crippen molar-refractivity contribution in [3.8, 4) is 5.75 Å². The number of ether oxygens (including phenoxy) is 1. The van der Waals surface area contributed by atoms with Gasteiger partial charge in [0, 0.05) is 5.25 Å². The van der Waals surface area contributed by atoms with Gasteiger partial charge in [0.25, 0.3) is 0 Å². The molecule has 1 aliphatic carbocycles. The lowest BCUT2D eigenvalue weighted by Crippen LogP contribution is -2.30. The van der Waals surface area contributed by atoms with E-state index >= 15 is 0 Å². The van der Waals surface area contributed by atoms with Crippen molar-refractivity contribution in [2.75, 3.05) is 18.9 Å². The zero-order valence-corrected chi connectivity index (χ0v) is 13.6. The van der Waals surface area contributed by atoms with E-state index in [1.807, 2.05) is 43.0 Å². The van der Waals surface area contributed by atoms with Crippen molar-refractivity contribution < 1.29 is 9.53 Å². The third kappa shape index (κ3) is 6.42. The van der Waals surface area contributed by atoms with Crippen molar-refractivity contribution >= 4 is 17.7 Å². The average molecular weight is 307 g/mol. The Morgan fingerprint density at radius 2 is 2.14 bits per heavy atom. The normalized spacial score (nSPS) is 15.7. The maximum absolute atomic E-state index is 11.8. The fourth-order valence-corrected chi connectivity index (χ4v) is 3.70. The molecular formula is C17H25NO2S. The Kier molecular flexibility index (Phi) is 6.93. The summed E-state index contributed by atoms with van der Waals surface area (Å²) in [5.74, 6) is 1.56. The number of rotatable bonds is 7. The van der Waals surface area contributed by atoms with Crippen LogP contribution in [0.2, 0.25) is 0 Å². The fraction of sp³-hybridized carbons (Fsp3) is 0.588. The number of aryl methyl sites for hydroxylation is 1. The Balaban J connectivity index is 1.54. The lowest BCUT2D eigenvalue weighted by atomic mass is 10.0. The number of amides is 1. The third-order valence-corrected chi connectivity index (χ3v) is 5.06. The van der Waals surface area contributed by atoms with Crippen molar-refractivity contribution in [1.82, 2.24) is 5.32 Å². The highest BCUT2D eigenvalue weighted by molar-refractivity contribution is 8.00. The van der Waals surface area contributed by atoms with Crippen LogP contribution in [0.1, 0.15) is 37.7 Å². The topological polar surface area (TPSA) is 38.3 Å². The summed E-state index contributed by atoms with van der Waals surface area (Å²) in [6.07, 6.45) is 6.55. The van der Waals surface area contributed by atoms with E-state index in [0.29, 0.717) is 24.2 Å². The van der Waals surface area contributed by atoms with Crippen molar-refractivity contribution in [3.05, 3.63) is 29.8 Å².